The summed E-state index contributed by atoms with van der Waals surface area (Å²) in [4.78, 5) is 11.3. The first-order valence-electron chi connectivity index (χ1n) is 6.73. The molecule has 0 saturated heterocycles. The lowest BCUT2D eigenvalue weighted by molar-refractivity contribution is 0.100. The molecule has 0 spiro atoms. The monoisotopic (exact) mass is 280 g/mol. The first kappa shape index (κ1) is 14.2. The molecule has 1 aliphatic rings. The molecule has 4 heteroatoms. The van der Waals surface area contributed by atoms with Gasteiger partial charge in [-0.15, -0.1) is 0 Å². The average molecular weight is 281 g/mol. The predicted octanol–water partition coefficient (Wildman–Crippen LogP) is 3.82. The van der Waals surface area contributed by atoms with Crippen LogP contribution in [0.1, 0.15) is 49.9 Å². The zero-order valence-corrected chi connectivity index (χ0v) is 12.3. The lowest BCUT2D eigenvalue weighted by Crippen LogP contribution is -2.29. The molecule has 0 bridgehead atoms. The molecule has 19 heavy (non-hydrogen) atoms. The molecule has 1 fully saturated rings. The third-order valence-electron chi connectivity index (χ3n) is 3.94. The van der Waals surface area contributed by atoms with Crippen molar-refractivity contribution >= 4 is 23.2 Å². The van der Waals surface area contributed by atoms with Gasteiger partial charge < -0.3 is 11.1 Å². The number of amides is 1. The SMILES string of the molecule is CC1(C)CCC(Nc2ccc(Cl)c(C(N)=O)c2)CC1. The maximum Gasteiger partial charge on any atom is 0.250 e. The van der Waals surface area contributed by atoms with Crippen LogP contribution in [0.2, 0.25) is 5.02 Å². The van der Waals surface area contributed by atoms with Gasteiger partial charge >= 0.3 is 0 Å². The van der Waals surface area contributed by atoms with Gasteiger partial charge in [0.2, 0.25) is 5.91 Å². The minimum Gasteiger partial charge on any atom is -0.382 e. The molecule has 104 valence electrons. The quantitative estimate of drug-likeness (QED) is 0.884. The summed E-state index contributed by atoms with van der Waals surface area (Å²) in [5.74, 6) is -0.488. The van der Waals surface area contributed by atoms with Crippen LogP contribution in [-0.2, 0) is 0 Å². The Morgan fingerprint density at radius 2 is 2.00 bits per heavy atom. The molecule has 1 aromatic rings. The largest absolute Gasteiger partial charge is 0.382 e. The van der Waals surface area contributed by atoms with Crippen molar-refractivity contribution in [3.05, 3.63) is 28.8 Å². The molecular weight excluding hydrogens is 260 g/mol. The van der Waals surface area contributed by atoms with E-state index in [0.717, 1.165) is 18.5 Å². The van der Waals surface area contributed by atoms with Crippen LogP contribution in [-0.4, -0.2) is 11.9 Å². The van der Waals surface area contributed by atoms with Crippen LogP contribution < -0.4 is 11.1 Å². The van der Waals surface area contributed by atoms with Crippen LogP contribution in [0.25, 0.3) is 0 Å². The number of hydrogen-bond acceptors (Lipinski definition) is 2. The second-order valence-corrected chi connectivity index (χ2v) is 6.55. The van der Waals surface area contributed by atoms with Gasteiger partial charge in [-0.25, -0.2) is 0 Å². The minimum atomic E-state index is -0.488. The summed E-state index contributed by atoms with van der Waals surface area (Å²) >= 11 is 5.94. The van der Waals surface area contributed by atoms with Gasteiger partial charge in [0.1, 0.15) is 0 Å². The van der Waals surface area contributed by atoms with E-state index in [-0.39, 0.29) is 0 Å². The van der Waals surface area contributed by atoms with E-state index in [4.69, 9.17) is 17.3 Å². The van der Waals surface area contributed by atoms with E-state index >= 15 is 0 Å². The smallest absolute Gasteiger partial charge is 0.250 e. The Bertz CT molecular complexity index is 475. The Balaban J connectivity index is 2.04. The van der Waals surface area contributed by atoms with Crippen molar-refractivity contribution in [1.29, 1.82) is 0 Å². The fraction of sp³-hybridized carbons (Fsp3) is 0.533. The highest BCUT2D eigenvalue weighted by molar-refractivity contribution is 6.33. The van der Waals surface area contributed by atoms with Crippen molar-refractivity contribution in [3.8, 4) is 0 Å². The predicted molar refractivity (Wildman–Crippen MR) is 79.6 cm³/mol. The summed E-state index contributed by atoms with van der Waals surface area (Å²) in [7, 11) is 0. The van der Waals surface area contributed by atoms with Crippen molar-refractivity contribution in [2.24, 2.45) is 11.1 Å². The molecule has 0 atom stereocenters. The number of rotatable bonds is 3. The van der Waals surface area contributed by atoms with E-state index < -0.39 is 5.91 Å². The summed E-state index contributed by atoms with van der Waals surface area (Å²) in [6, 6.07) is 5.82. The Morgan fingerprint density at radius 3 is 2.58 bits per heavy atom. The van der Waals surface area contributed by atoms with Gasteiger partial charge in [-0.3, -0.25) is 4.79 Å². The van der Waals surface area contributed by atoms with Crippen LogP contribution in [0.15, 0.2) is 18.2 Å². The Hall–Kier alpha value is -1.22. The molecule has 1 aliphatic carbocycles. The fourth-order valence-corrected chi connectivity index (χ4v) is 2.79. The number of primary amides is 1. The number of benzene rings is 1. The Labute approximate surface area is 119 Å². The molecule has 3 N–H and O–H groups in total. The van der Waals surface area contributed by atoms with Crippen molar-refractivity contribution in [1.82, 2.24) is 0 Å². The van der Waals surface area contributed by atoms with Gasteiger partial charge in [0, 0.05) is 11.7 Å². The first-order valence-corrected chi connectivity index (χ1v) is 7.11. The molecule has 3 nitrogen and oxygen atoms in total. The van der Waals surface area contributed by atoms with Crippen LogP contribution in [0.3, 0.4) is 0 Å². The number of anilines is 1. The molecule has 0 heterocycles. The maximum atomic E-state index is 11.3. The summed E-state index contributed by atoms with van der Waals surface area (Å²) in [6.45, 7) is 4.63. The lowest BCUT2D eigenvalue weighted by Gasteiger charge is -2.35. The van der Waals surface area contributed by atoms with Gasteiger partial charge in [0.25, 0.3) is 0 Å². The van der Waals surface area contributed by atoms with Crippen molar-refractivity contribution < 1.29 is 4.79 Å². The zero-order chi connectivity index (χ0) is 14.0. The zero-order valence-electron chi connectivity index (χ0n) is 11.5. The number of halogens is 1. The molecule has 0 aliphatic heterocycles. The van der Waals surface area contributed by atoms with E-state index in [9.17, 15) is 4.79 Å². The molecule has 1 amide bonds. The molecular formula is C15H21ClN2O. The number of carbonyl (C=O) groups excluding carboxylic acids is 1. The maximum absolute atomic E-state index is 11.3. The highest BCUT2D eigenvalue weighted by Gasteiger charge is 2.26. The van der Waals surface area contributed by atoms with Crippen LogP contribution >= 0.6 is 11.6 Å². The standard InChI is InChI=1S/C15H21ClN2O/c1-15(2)7-5-10(6-8-15)18-11-3-4-13(16)12(9-11)14(17)19/h3-4,9-10,18H,5-8H2,1-2H3,(H2,17,19). The van der Waals surface area contributed by atoms with E-state index in [2.05, 4.69) is 19.2 Å². The fourth-order valence-electron chi connectivity index (χ4n) is 2.58. The van der Waals surface area contributed by atoms with E-state index in [1.54, 1.807) is 12.1 Å². The van der Waals surface area contributed by atoms with Gasteiger partial charge in [0.05, 0.1) is 10.6 Å². The van der Waals surface area contributed by atoms with Gasteiger partial charge in [-0.1, -0.05) is 25.4 Å². The number of carbonyl (C=O) groups is 1. The molecule has 2 rings (SSSR count). The summed E-state index contributed by atoms with van der Waals surface area (Å²) < 4.78 is 0. The second-order valence-electron chi connectivity index (χ2n) is 6.14. The van der Waals surface area contributed by atoms with E-state index in [1.165, 1.54) is 12.8 Å². The van der Waals surface area contributed by atoms with Crippen LogP contribution in [0.4, 0.5) is 5.69 Å². The highest BCUT2D eigenvalue weighted by Crippen LogP contribution is 2.36. The van der Waals surface area contributed by atoms with Crippen LogP contribution in [0, 0.1) is 5.41 Å². The topological polar surface area (TPSA) is 55.1 Å². The van der Waals surface area contributed by atoms with Crippen LogP contribution in [0.5, 0.6) is 0 Å². The summed E-state index contributed by atoms with van der Waals surface area (Å²) in [6.07, 6.45) is 4.75. The van der Waals surface area contributed by atoms with E-state index in [0.29, 0.717) is 22.0 Å². The molecule has 0 aromatic heterocycles. The number of nitrogens with two attached hydrogens (primary N) is 1. The number of nitrogens with one attached hydrogen (secondary N) is 1. The molecule has 0 radical (unpaired) electrons. The highest BCUT2D eigenvalue weighted by atomic mass is 35.5. The molecule has 1 aromatic carbocycles. The summed E-state index contributed by atoms with van der Waals surface area (Å²) in [5.41, 5.74) is 7.05. The first-order chi connectivity index (χ1) is 8.87. The van der Waals surface area contributed by atoms with Crippen molar-refractivity contribution in [2.45, 2.75) is 45.6 Å². The van der Waals surface area contributed by atoms with E-state index in [1.807, 2.05) is 6.07 Å². The Morgan fingerprint density at radius 1 is 1.37 bits per heavy atom. The average Bonchev–Trinajstić information content (AvgIpc) is 2.34. The second kappa shape index (κ2) is 5.41. The van der Waals surface area contributed by atoms with Gasteiger partial charge in [-0.05, 0) is 49.3 Å². The third kappa shape index (κ3) is 3.63. The van der Waals surface area contributed by atoms with Crippen molar-refractivity contribution in [2.75, 3.05) is 5.32 Å². The Kier molecular flexibility index (Phi) is 4.04. The van der Waals surface area contributed by atoms with Gasteiger partial charge in [0.15, 0.2) is 0 Å². The van der Waals surface area contributed by atoms with Crippen molar-refractivity contribution in [3.63, 3.8) is 0 Å². The minimum absolute atomic E-state index is 0.378. The molecule has 0 unspecified atom stereocenters. The number of hydrogen-bond donors (Lipinski definition) is 2. The normalized spacial score (nSPS) is 19.1. The third-order valence-corrected chi connectivity index (χ3v) is 4.27. The molecule has 1 saturated carbocycles. The summed E-state index contributed by atoms with van der Waals surface area (Å²) in [5, 5.41) is 3.88. The lowest BCUT2D eigenvalue weighted by atomic mass is 9.75. The van der Waals surface area contributed by atoms with Gasteiger partial charge in [-0.2, -0.15) is 0 Å².